The standard InChI is InChI=1S/C30H29N5O4S/c1-3-39-30(37)23-19-8-4-7-11-22(19)40-29(23)34-28(36)24-25-27(33-21-10-6-5-9-20(21)32-25)35(26(24)31)16-17-12-14-18(38-2)15-13-17/h5-6,9-10,12-15H,3-4,7-8,11,16,31H2,1-2H3,(H,34,36). The number of fused-ring (bicyclic) bond motifs is 3. The van der Waals surface area contributed by atoms with Crippen LogP contribution in [-0.2, 0) is 24.1 Å². The number of carbonyl (C=O) groups is 2. The number of nitrogens with two attached hydrogens (primary N) is 1. The molecule has 10 heteroatoms. The van der Waals surface area contributed by atoms with E-state index in [1.165, 1.54) is 11.3 Å². The Kier molecular flexibility index (Phi) is 6.85. The number of nitrogens with one attached hydrogen (secondary N) is 1. The lowest BCUT2D eigenvalue weighted by molar-refractivity contribution is 0.0526. The number of hydrogen-bond acceptors (Lipinski definition) is 8. The van der Waals surface area contributed by atoms with Crippen molar-refractivity contribution in [2.45, 2.75) is 39.2 Å². The van der Waals surface area contributed by atoms with Gasteiger partial charge in [0.2, 0.25) is 0 Å². The summed E-state index contributed by atoms with van der Waals surface area (Å²) in [6.07, 6.45) is 3.72. The number of nitrogens with zero attached hydrogens (tertiary/aromatic N) is 3. The lowest BCUT2D eigenvalue weighted by Crippen LogP contribution is -2.17. The zero-order valence-corrected chi connectivity index (χ0v) is 23.1. The maximum atomic E-state index is 13.9. The molecule has 5 aromatic rings. The third kappa shape index (κ3) is 4.54. The van der Waals surface area contributed by atoms with E-state index in [0.717, 1.165) is 47.4 Å². The summed E-state index contributed by atoms with van der Waals surface area (Å²) in [4.78, 5) is 37.7. The molecule has 0 radical (unpaired) electrons. The van der Waals surface area contributed by atoms with Crippen molar-refractivity contribution in [3.8, 4) is 5.75 Å². The minimum atomic E-state index is -0.440. The van der Waals surface area contributed by atoms with Crippen LogP contribution in [0.4, 0.5) is 10.8 Å². The van der Waals surface area contributed by atoms with Crippen molar-refractivity contribution in [2.75, 3.05) is 24.8 Å². The number of hydrogen-bond donors (Lipinski definition) is 2. The number of aryl methyl sites for hydroxylation is 1. The summed E-state index contributed by atoms with van der Waals surface area (Å²) >= 11 is 1.44. The number of nitrogen functional groups attached to an aromatic ring is 1. The molecule has 0 bridgehead atoms. The van der Waals surface area contributed by atoms with Crippen LogP contribution in [0.3, 0.4) is 0 Å². The van der Waals surface area contributed by atoms with Crippen LogP contribution in [0.2, 0.25) is 0 Å². The van der Waals surface area contributed by atoms with E-state index in [1.54, 1.807) is 18.6 Å². The van der Waals surface area contributed by atoms with Gasteiger partial charge in [0.1, 0.15) is 27.6 Å². The minimum absolute atomic E-state index is 0.225. The van der Waals surface area contributed by atoms with Gasteiger partial charge in [-0.05, 0) is 68.0 Å². The monoisotopic (exact) mass is 555 g/mol. The van der Waals surface area contributed by atoms with Crippen LogP contribution in [0.5, 0.6) is 5.75 Å². The molecule has 0 aliphatic heterocycles. The second-order valence-electron chi connectivity index (χ2n) is 9.67. The number of esters is 1. The zero-order valence-electron chi connectivity index (χ0n) is 22.3. The Balaban J connectivity index is 1.46. The molecular weight excluding hydrogens is 526 g/mol. The van der Waals surface area contributed by atoms with Gasteiger partial charge in [-0.15, -0.1) is 11.3 Å². The Morgan fingerprint density at radius 3 is 2.48 bits per heavy atom. The van der Waals surface area contributed by atoms with Gasteiger partial charge in [-0.3, -0.25) is 4.79 Å². The van der Waals surface area contributed by atoms with Crippen LogP contribution in [0, 0.1) is 0 Å². The van der Waals surface area contributed by atoms with Gasteiger partial charge in [-0.2, -0.15) is 0 Å². The molecule has 0 unspecified atom stereocenters. The highest BCUT2D eigenvalue weighted by atomic mass is 32.1. The Hall–Kier alpha value is -4.44. The van der Waals surface area contributed by atoms with Crippen molar-refractivity contribution in [2.24, 2.45) is 0 Å². The molecule has 0 atom stereocenters. The normalized spacial score (nSPS) is 12.8. The fourth-order valence-corrected chi connectivity index (χ4v) is 6.53. The number of rotatable bonds is 7. The number of methoxy groups -OCH3 is 1. The van der Waals surface area contributed by atoms with Crippen LogP contribution in [0.25, 0.3) is 22.2 Å². The molecule has 40 heavy (non-hydrogen) atoms. The fourth-order valence-electron chi connectivity index (χ4n) is 5.25. The first-order valence-electron chi connectivity index (χ1n) is 13.3. The third-order valence-corrected chi connectivity index (χ3v) is 8.40. The molecule has 0 spiro atoms. The highest BCUT2D eigenvalue weighted by molar-refractivity contribution is 7.17. The predicted molar refractivity (Wildman–Crippen MR) is 156 cm³/mol. The SMILES string of the molecule is CCOC(=O)c1c(NC(=O)c2c(N)n(Cc3ccc(OC)cc3)c3nc4ccccc4nc23)sc2c1CCCC2. The summed E-state index contributed by atoms with van der Waals surface area (Å²) in [6.45, 7) is 2.41. The molecule has 1 aliphatic carbocycles. The highest BCUT2D eigenvalue weighted by Crippen LogP contribution is 2.39. The molecule has 0 saturated carbocycles. The van der Waals surface area contributed by atoms with Gasteiger partial charge in [0.25, 0.3) is 5.91 Å². The third-order valence-electron chi connectivity index (χ3n) is 7.20. The lowest BCUT2D eigenvalue weighted by Gasteiger charge is -2.12. The second-order valence-corrected chi connectivity index (χ2v) is 10.8. The van der Waals surface area contributed by atoms with Crippen LogP contribution >= 0.6 is 11.3 Å². The fraction of sp³-hybridized carbons (Fsp3) is 0.267. The van der Waals surface area contributed by atoms with Gasteiger partial charge in [0, 0.05) is 4.88 Å². The Morgan fingerprint density at radius 2 is 1.75 bits per heavy atom. The number of anilines is 2. The average Bonchev–Trinajstić information content (AvgIpc) is 3.46. The van der Waals surface area contributed by atoms with Crippen molar-refractivity contribution in [3.05, 3.63) is 75.7 Å². The summed E-state index contributed by atoms with van der Waals surface area (Å²) in [5, 5.41) is 3.48. The van der Waals surface area contributed by atoms with Crippen LogP contribution in [0.1, 0.15) is 56.5 Å². The average molecular weight is 556 g/mol. The molecule has 204 valence electrons. The predicted octanol–water partition coefficient (Wildman–Crippen LogP) is 5.59. The summed E-state index contributed by atoms with van der Waals surface area (Å²) in [5.74, 6) is 0.135. The number of para-hydroxylation sites is 2. The van der Waals surface area contributed by atoms with E-state index in [4.69, 9.17) is 25.2 Å². The number of aromatic nitrogens is 3. The zero-order chi connectivity index (χ0) is 27.8. The molecule has 3 aromatic heterocycles. The Morgan fingerprint density at radius 1 is 1.02 bits per heavy atom. The highest BCUT2D eigenvalue weighted by Gasteiger charge is 2.30. The van der Waals surface area contributed by atoms with Gasteiger partial charge >= 0.3 is 5.97 Å². The summed E-state index contributed by atoms with van der Waals surface area (Å²) < 4.78 is 12.5. The molecular formula is C30H29N5O4S. The van der Waals surface area contributed by atoms with Gasteiger partial charge in [-0.25, -0.2) is 14.8 Å². The number of carbonyl (C=O) groups excluding carboxylic acids is 2. The Labute approximate surface area is 234 Å². The quantitative estimate of drug-likeness (QED) is 0.251. The lowest BCUT2D eigenvalue weighted by atomic mass is 9.95. The van der Waals surface area contributed by atoms with Crippen molar-refractivity contribution in [1.82, 2.24) is 14.5 Å². The van der Waals surface area contributed by atoms with Crippen LogP contribution < -0.4 is 15.8 Å². The smallest absolute Gasteiger partial charge is 0.341 e. The number of amides is 1. The molecule has 0 fully saturated rings. The van der Waals surface area contributed by atoms with E-state index in [-0.39, 0.29) is 18.0 Å². The summed E-state index contributed by atoms with van der Waals surface area (Å²) in [5.41, 5.74) is 11.6. The van der Waals surface area contributed by atoms with E-state index in [0.29, 0.717) is 39.3 Å². The van der Waals surface area contributed by atoms with Crippen molar-refractivity contribution < 1.29 is 19.1 Å². The molecule has 1 amide bonds. The molecule has 3 N–H and O–H groups in total. The van der Waals surface area contributed by atoms with E-state index in [2.05, 4.69) is 5.32 Å². The van der Waals surface area contributed by atoms with Crippen molar-refractivity contribution >= 4 is 56.2 Å². The maximum Gasteiger partial charge on any atom is 0.341 e. The van der Waals surface area contributed by atoms with E-state index >= 15 is 0 Å². The summed E-state index contributed by atoms with van der Waals surface area (Å²) in [6, 6.07) is 15.1. The largest absolute Gasteiger partial charge is 0.497 e. The first kappa shape index (κ1) is 25.8. The van der Waals surface area contributed by atoms with Gasteiger partial charge < -0.3 is 25.1 Å². The van der Waals surface area contributed by atoms with Crippen LogP contribution in [0.15, 0.2) is 48.5 Å². The van der Waals surface area contributed by atoms with E-state index in [1.807, 2.05) is 48.5 Å². The van der Waals surface area contributed by atoms with Gasteiger partial charge in [0.15, 0.2) is 5.65 Å². The van der Waals surface area contributed by atoms with Gasteiger partial charge in [-0.1, -0.05) is 24.3 Å². The second kappa shape index (κ2) is 10.6. The van der Waals surface area contributed by atoms with E-state index in [9.17, 15) is 9.59 Å². The van der Waals surface area contributed by atoms with Crippen LogP contribution in [-0.4, -0.2) is 40.1 Å². The number of thiophene rings is 1. The molecule has 0 saturated heterocycles. The molecule has 3 heterocycles. The topological polar surface area (TPSA) is 121 Å². The number of ether oxygens (including phenoxy) is 2. The van der Waals surface area contributed by atoms with Gasteiger partial charge in [0.05, 0.1) is 36.9 Å². The first-order valence-corrected chi connectivity index (χ1v) is 14.1. The molecule has 9 nitrogen and oxygen atoms in total. The minimum Gasteiger partial charge on any atom is -0.497 e. The van der Waals surface area contributed by atoms with E-state index < -0.39 is 11.9 Å². The molecule has 1 aliphatic rings. The Bertz CT molecular complexity index is 1760. The summed E-state index contributed by atoms with van der Waals surface area (Å²) in [7, 11) is 1.62. The van der Waals surface area contributed by atoms with Crippen molar-refractivity contribution in [1.29, 1.82) is 0 Å². The maximum absolute atomic E-state index is 13.9. The molecule has 2 aromatic carbocycles. The molecule has 6 rings (SSSR count). The number of benzene rings is 2. The van der Waals surface area contributed by atoms with Crippen molar-refractivity contribution in [3.63, 3.8) is 0 Å². The first-order chi connectivity index (χ1) is 19.5.